The molecule has 0 spiro atoms. The third kappa shape index (κ3) is 7.65. The van der Waals surface area contributed by atoms with Crippen molar-refractivity contribution in [2.24, 2.45) is 0 Å². The number of aliphatic hydroxyl groups is 1. The summed E-state index contributed by atoms with van der Waals surface area (Å²) in [5.74, 6) is 0.870. The smallest absolute Gasteiger partial charge is 0.389 e. The van der Waals surface area contributed by atoms with Gasteiger partial charge in [0, 0.05) is 44.0 Å². The van der Waals surface area contributed by atoms with Crippen LogP contribution < -0.4 is 10.2 Å². The maximum absolute atomic E-state index is 12.2. The van der Waals surface area contributed by atoms with E-state index in [1.54, 1.807) is 18.2 Å². The van der Waals surface area contributed by atoms with Gasteiger partial charge in [0.05, 0.1) is 22.8 Å². The molecule has 8 nitrogen and oxygen atoms in total. The van der Waals surface area contributed by atoms with Crippen molar-refractivity contribution in [2.75, 3.05) is 56.2 Å². The summed E-state index contributed by atoms with van der Waals surface area (Å²) in [6, 6.07) is 14.7. The van der Waals surface area contributed by atoms with Gasteiger partial charge in [0.1, 0.15) is 12.3 Å². The molecule has 1 saturated heterocycles. The van der Waals surface area contributed by atoms with E-state index in [1.807, 2.05) is 40.1 Å². The molecule has 13 heteroatoms. The summed E-state index contributed by atoms with van der Waals surface area (Å²) in [6.07, 6.45) is -5.43. The van der Waals surface area contributed by atoms with E-state index < -0.39 is 18.9 Å². The molecule has 0 amide bonds. The third-order valence-electron chi connectivity index (χ3n) is 5.62. The minimum Gasteiger partial charge on any atom is -0.389 e. The molecule has 1 aliphatic rings. The molecule has 2 aromatic carbocycles. The van der Waals surface area contributed by atoms with Crippen LogP contribution in [-0.2, 0) is 4.74 Å². The van der Waals surface area contributed by atoms with Crippen molar-refractivity contribution in [2.45, 2.75) is 12.3 Å². The normalized spacial score (nSPS) is 15.6. The molecule has 4 rings (SSSR count). The predicted octanol–water partition coefficient (Wildman–Crippen LogP) is 4.65. The van der Waals surface area contributed by atoms with Crippen LogP contribution >= 0.6 is 23.2 Å². The average Bonchev–Trinajstić information content (AvgIpc) is 2.86. The largest absolute Gasteiger partial charge is 0.411 e. The standard InChI is InChI=1S/C24H25Cl2F3N6O2/c25-19-8-4-7-18(20(19)26)21-22(30-16-5-2-1-3-6-16)31-23(33-32-21)35-11-9-34(10-12-35)13-17(36)14-37-15-24(27,28)29/h1-8,17,36H,9-15H2,(H,30,31,33). The Balaban J connectivity index is 1.45. The molecule has 1 fully saturated rings. The van der Waals surface area contributed by atoms with Crippen LogP contribution in [0.5, 0.6) is 0 Å². The first-order valence-electron chi connectivity index (χ1n) is 11.5. The van der Waals surface area contributed by atoms with Crippen molar-refractivity contribution in [1.82, 2.24) is 20.1 Å². The maximum Gasteiger partial charge on any atom is 0.411 e. The lowest BCUT2D eigenvalue weighted by atomic mass is 10.1. The molecule has 2 N–H and O–H groups in total. The van der Waals surface area contributed by atoms with Gasteiger partial charge in [-0.05, 0) is 18.2 Å². The molecule has 1 unspecified atom stereocenters. The van der Waals surface area contributed by atoms with E-state index in [0.717, 1.165) is 5.69 Å². The van der Waals surface area contributed by atoms with Crippen molar-refractivity contribution in [3.63, 3.8) is 0 Å². The first-order chi connectivity index (χ1) is 17.7. The van der Waals surface area contributed by atoms with Crippen LogP contribution in [0.2, 0.25) is 10.0 Å². The molecular weight excluding hydrogens is 532 g/mol. The molecule has 37 heavy (non-hydrogen) atoms. The predicted molar refractivity (Wildman–Crippen MR) is 137 cm³/mol. The molecule has 3 aromatic rings. The summed E-state index contributed by atoms with van der Waals surface area (Å²) in [4.78, 5) is 8.64. The third-order valence-corrected chi connectivity index (χ3v) is 6.44. The number of rotatable bonds is 9. The van der Waals surface area contributed by atoms with Gasteiger partial charge in [-0.3, -0.25) is 4.90 Å². The van der Waals surface area contributed by atoms with Crippen LogP contribution in [0.15, 0.2) is 48.5 Å². The first-order valence-corrected chi connectivity index (χ1v) is 12.3. The Bertz CT molecular complexity index is 1180. The second-order valence-electron chi connectivity index (χ2n) is 8.47. The van der Waals surface area contributed by atoms with E-state index in [9.17, 15) is 18.3 Å². The summed E-state index contributed by atoms with van der Waals surface area (Å²) in [5, 5.41) is 22.8. The lowest BCUT2D eigenvalue weighted by Crippen LogP contribution is -2.49. The molecule has 0 radical (unpaired) electrons. The van der Waals surface area contributed by atoms with Crippen molar-refractivity contribution < 1.29 is 23.0 Å². The summed E-state index contributed by atoms with van der Waals surface area (Å²) in [5.41, 5.74) is 1.84. The Labute approximate surface area is 222 Å². The van der Waals surface area contributed by atoms with Crippen molar-refractivity contribution in [3.8, 4) is 11.3 Å². The molecular formula is C24H25Cl2F3N6O2. The molecule has 0 saturated carbocycles. The van der Waals surface area contributed by atoms with E-state index in [0.29, 0.717) is 59.2 Å². The van der Waals surface area contributed by atoms with Gasteiger partial charge in [0.15, 0.2) is 5.82 Å². The molecule has 1 atom stereocenters. The highest BCUT2D eigenvalue weighted by Crippen LogP contribution is 2.36. The number of aromatic nitrogens is 3. The highest BCUT2D eigenvalue weighted by Gasteiger charge is 2.28. The summed E-state index contributed by atoms with van der Waals surface area (Å²) in [6.45, 7) is 0.649. The number of aliphatic hydroxyl groups excluding tert-OH is 1. The highest BCUT2D eigenvalue weighted by atomic mass is 35.5. The van der Waals surface area contributed by atoms with Gasteiger partial charge < -0.3 is 20.1 Å². The van der Waals surface area contributed by atoms with Gasteiger partial charge >= 0.3 is 6.18 Å². The Kier molecular flexibility index (Phi) is 9.04. The van der Waals surface area contributed by atoms with Crippen LogP contribution in [-0.4, -0.2) is 83.4 Å². The van der Waals surface area contributed by atoms with Crippen molar-refractivity contribution >= 4 is 40.7 Å². The number of hydrogen-bond acceptors (Lipinski definition) is 8. The maximum atomic E-state index is 12.2. The Morgan fingerprint density at radius 1 is 1.00 bits per heavy atom. The number of para-hydroxylation sites is 1. The number of benzene rings is 2. The fraction of sp³-hybridized carbons (Fsp3) is 0.375. The topological polar surface area (TPSA) is 86.6 Å². The summed E-state index contributed by atoms with van der Waals surface area (Å²) >= 11 is 12.7. The van der Waals surface area contributed by atoms with E-state index in [1.165, 1.54) is 0 Å². The second kappa shape index (κ2) is 12.2. The highest BCUT2D eigenvalue weighted by molar-refractivity contribution is 6.43. The fourth-order valence-electron chi connectivity index (χ4n) is 3.86. The number of hydrogen-bond donors (Lipinski definition) is 2. The number of piperazine rings is 1. The van der Waals surface area contributed by atoms with Crippen molar-refractivity contribution in [3.05, 3.63) is 58.6 Å². The monoisotopic (exact) mass is 556 g/mol. The quantitative estimate of drug-likeness (QED) is 0.394. The van der Waals surface area contributed by atoms with Gasteiger partial charge in [-0.15, -0.1) is 10.2 Å². The van der Waals surface area contributed by atoms with Crippen LogP contribution in [0.25, 0.3) is 11.3 Å². The number of alkyl halides is 3. The molecule has 2 heterocycles. The van der Waals surface area contributed by atoms with Gasteiger partial charge in [-0.25, -0.2) is 0 Å². The zero-order valence-corrected chi connectivity index (χ0v) is 21.1. The van der Waals surface area contributed by atoms with E-state index in [4.69, 9.17) is 28.2 Å². The number of halogens is 5. The van der Waals surface area contributed by atoms with Gasteiger partial charge in [0.25, 0.3) is 0 Å². The van der Waals surface area contributed by atoms with Gasteiger partial charge in [0.2, 0.25) is 5.95 Å². The van der Waals surface area contributed by atoms with Gasteiger partial charge in [-0.1, -0.05) is 53.5 Å². The second-order valence-corrected chi connectivity index (χ2v) is 9.26. The van der Waals surface area contributed by atoms with Crippen molar-refractivity contribution in [1.29, 1.82) is 0 Å². The van der Waals surface area contributed by atoms with E-state index in [2.05, 4.69) is 20.3 Å². The Morgan fingerprint density at radius 2 is 1.73 bits per heavy atom. The van der Waals surface area contributed by atoms with E-state index >= 15 is 0 Å². The number of nitrogens with one attached hydrogen (secondary N) is 1. The average molecular weight is 557 g/mol. The first kappa shape index (κ1) is 27.3. The van der Waals surface area contributed by atoms with Crippen LogP contribution in [0.4, 0.5) is 30.6 Å². The lowest BCUT2D eigenvalue weighted by Gasteiger charge is -2.35. The minimum atomic E-state index is -4.42. The molecule has 1 aromatic heterocycles. The number of nitrogens with zero attached hydrogens (tertiary/aromatic N) is 5. The summed E-state index contributed by atoms with van der Waals surface area (Å²) < 4.78 is 41.2. The lowest BCUT2D eigenvalue weighted by molar-refractivity contribution is -0.179. The Hall–Kier alpha value is -2.70. The Morgan fingerprint density at radius 3 is 2.43 bits per heavy atom. The number of anilines is 3. The van der Waals surface area contributed by atoms with E-state index in [-0.39, 0.29) is 13.2 Å². The SMILES string of the molecule is OC(COCC(F)(F)F)CN1CCN(c2nnc(-c3cccc(Cl)c3Cl)c(Nc3ccccc3)n2)CC1. The van der Waals surface area contributed by atoms with Crippen LogP contribution in [0.3, 0.4) is 0 Å². The zero-order valence-electron chi connectivity index (χ0n) is 19.6. The van der Waals surface area contributed by atoms with Gasteiger partial charge in [-0.2, -0.15) is 18.2 Å². The molecule has 0 bridgehead atoms. The van der Waals surface area contributed by atoms with Crippen LogP contribution in [0.1, 0.15) is 0 Å². The molecule has 198 valence electrons. The molecule has 0 aliphatic carbocycles. The fourth-order valence-corrected chi connectivity index (χ4v) is 4.25. The minimum absolute atomic E-state index is 0.206. The number of ether oxygens (including phenoxy) is 1. The number of β-amino-alcohol motifs (C(OH)–C–C–N with tert-alkyl or cyclic N) is 1. The van der Waals surface area contributed by atoms with Crippen LogP contribution in [0, 0.1) is 0 Å². The zero-order chi connectivity index (χ0) is 26.4. The summed E-state index contributed by atoms with van der Waals surface area (Å²) in [7, 11) is 0. The molecule has 1 aliphatic heterocycles.